The van der Waals surface area contributed by atoms with Crippen molar-refractivity contribution in [3.8, 4) is 5.75 Å². The van der Waals surface area contributed by atoms with Crippen LogP contribution in [0.1, 0.15) is 46.1 Å². The minimum Gasteiger partial charge on any atom is -0.491 e. The number of rotatable bonds is 7. The molecule has 0 saturated carbocycles. The van der Waals surface area contributed by atoms with Gasteiger partial charge in [0.05, 0.1) is 13.2 Å². The Kier molecular flexibility index (Phi) is 8.16. The van der Waals surface area contributed by atoms with Crippen LogP contribution in [0.15, 0.2) is 23.2 Å². The lowest BCUT2D eigenvalue weighted by Crippen LogP contribution is -2.49. The van der Waals surface area contributed by atoms with E-state index in [-0.39, 0.29) is 5.82 Å². The number of aliphatic imine (C=N–C) groups is 1. The molecule has 1 aliphatic rings. The highest BCUT2D eigenvalue weighted by Gasteiger charge is 2.21. The Hall–Kier alpha value is -1.82. The quantitative estimate of drug-likeness (QED) is 0.576. The molecule has 0 spiro atoms. The average molecular weight is 365 g/mol. The van der Waals surface area contributed by atoms with Crippen molar-refractivity contribution in [1.82, 2.24) is 15.5 Å². The number of hydrogen-bond acceptors (Lipinski definition) is 3. The van der Waals surface area contributed by atoms with Crippen LogP contribution in [-0.4, -0.2) is 49.2 Å². The number of hydrogen-bond donors (Lipinski definition) is 2. The van der Waals surface area contributed by atoms with E-state index >= 15 is 0 Å². The molecule has 1 heterocycles. The maximum atomic E-state index is 14.0. The Labute approximate surface area is 157 Å². The number of guanidine groups is 1. The van der Waals surface area contributed by atoms with Gasteiger partial charge in [-0.25, -0.2) is 9.38 Å². The highest BCUT2D eigenvalue weighted by atomic mass is 19.1. The van der Waals surface area contributed by atoms with Crippen LogP contribution >= 0.6 is 0 Å². The first-order valence-corrected chi connectivity index (χ1v) is 9.73. The highest BCUT2D eigenvalue weighted by Crippen LogP contribution is 2.19. The molecule has 0 unspecified atom stereocenters. The maximum Gasteiger partial charge on any atom is 0.191 e. The van der Waals surface area contributed by atoms with Gasteiger partial charge in [0.15, 0.2) is 17.5 Å². The average Bonchev–Trinajstić information content (AvgIpc) is 2.62. The summed E-state index contributed by atoms with van der Waals surface area (Å²) in [6.07, 6.45) is 2.22. The Morgan fingerprint density at radius 3 is 2.62 bits per heavy atom. The summed E-state index contributed by atoms with van der Waals surface area (Å²) in [5.41, 5.74) is 0.831. The number of benzene rings is 1. The molecule has 0 aliphatic carbocycles. The molecule has 0 bridgehead atoms. The van der Waals surface area contributed by atoms with Gasteiger partial charge in [0.1, 0.15) is 0 Å². The standard InChI is InChI=1S/C20H33FN4O/c1-5-22-20(24-17-9-11-25(12-10-17)15(3)4)23-14-16-7-8-19(26-6-2)18(21)13-16/h7-8,13,15,17H,5-6,9-12,14H2,1-4H3,(H2,22,23,24). The lowest BCUT2D eigenvalue weighted by Gasteiger charge is -2.35. The normalized spacial score (nSPS) is 16.8. The fourth-order valence-corrected chi connectivity index (χ4v) is 3.16. The number of likely N-dealkylation sites (tertiary alicyclic amines) is 1. The van der Waals surface area contributed by atoms with Crippen molar-refractivity contribution < 1.29 is 9.13 Å². The van der Waals surface area contributed by atoms with Gasteiger partial charge in [-0.2, -0.15) is 0 Å². The second kappa shape index (κ2) is 10.4. The molecule has 0 aromatic heterocycles. The summed E-state index contributed by atoms with van der Waals surface area (Å²) in [7, 11) is 0. The Morgan fingerprint density at radius 1 is 1.31 bits per heavy atom. The van der Waals surface area contributed by atoms with Crippen molar-refractivity contribution >= 4 is 5.96 Å². The third-order valence-corrected chi connectivity index (χ3v) is 4.66. The number of nitrogens with one attached hydrogen (secondary N) is 2. The van der Waals surface area contributed by atoms with Gasteiger partial charge in [-0.3, -0.25) is 0 Å². The second-order valence-corrected chi connectivity index (χ2v) is 6.94. The van der Waals surface area contributed by atoms with Gasteiger partial charge in [-0.05, 0) is 58.2 Å². The Bertz CT molecular complexity index is 583. The molecule has 1 aliphatic heterocycles. The molecule has 1 saturated heterocycles. The van der Waals surface area contributed by atoms with E-state index < -0.39 is 0 Å². The zero-order valence-corrected chi connectivity index (χ0v) is 16.5. The van der Waals surface area contributed by atoms with Crippen LogP contribution in [0.5, 0.6) is 5.75 Å². The van der Waals surface area contributed by atoms with Crippen LogP contribution in [-0.2, 0) is 6.54 Å². The van der Waals surface area contributed by atoms with E-state index in [1.807, 2.05) is 13.0 Å². The molecule has 26 heavy (non-hydrogen) atoms. The largest absolute Gasteiger partial charge is 0.491 e. The van der Waals surface area contributed by atoms with Crippen molar-refractivity contribution in [2.75, 3.05) is 26.2 Å². The summed E-state index contributed by atoms with van der Waals surface area (Å²) in [5.74, 6) is 0.755. The Morgan fingerprint density at radius 2 is 2.04 bits per heavy atom. The molecule has 2 N–H and O–H groups in total. The van der Waals surface area contributed by atoms with Crippen LogP contribution in [0.3, 0.4) is 0 Å². The molecule has 6 heteroatoms. The highest BCUT2D eigenvalue weighted by molar-refractivity contribution is 5.80. The SMILES string of the molecule is CCNC(=NCc1ccc(OCC)c(F)c1)NC1CCN(C(C)C)CC1. The van der Waals surface area contributed by atoms with E-state index in [1.54, 1.807) is 6.07 Å². The summed E-state index contributed by atoms with van der Waals surface area (Å²) in [6, 6.07) is 6.07. The van der Waals surface area contributed by atoms with E-state index in [0.29, 0.717) is 31.0 Å². The van der Waals surface area contributed by atoms with E-state index in [4.69, 9.17) is 4.74 Å². The fraction of sp³-hybridized carbons (Fsp3) is 0.650. The minimum absolute atomic E-state index is 0.294. The molecule has 0 atom stereocenters. The van der Waals surface area contributed by atoms with E-state index in [2.05, 4.69) is 41.3 Å². The van der Waals surface area contributed by atoms with Gasteiger partial charge in [-0.1, -0.05) is 6.07 Å². The zero-order chi connectivity index (χ0) is 18.9. The number of piperidine rings is 1. The van der Waals surface area contributed by atoms with Crippen molar-refractivity contribution in [3.05, 3.63) is 29.6 Å². The summed E-state index contributed by atoms with van der Waals surface area (Å²) < 4.78 is 19.2. The number of halogens is 1. The van der Waals surface area contributed by atoms with Gasteiger partial charge < -0.3 is 20.3 Å². The van der Waals surface area contributed by atoms with Crippen LogP contribution in [0.2, 0.25) is 0 Å². The zero-order valence-electron chi connectivity index (χ0n) is 16.5. The van der Waals surface area contributed by atoms with Gasteiger partial charge in [0, 0.05) is 31.7 Å². The molecule has 5 nitrogen and oxygen atoms in total. The fourth-order valence-electron chi connectivity index (χ4n) is 3.16. The summed E-state index contributed by atoms with van der Waals surface area (Å²) in [6.45, 7) is 12.3. The van der Waals surface area contributed by atoms with Crippen LogP contribution in [0.4, 0.5) is 4.39 Å². The minimum atomic E-state index is -0.335. The molecule has 0 amide bonds. The van der Waals surface area contributed by atoms with Gasteiger partial charge in [0.25, 0.3) is 0 Å². The lowest BCUT2D eigenvalue weighted by molar-refractivity contribution is 0.167. The smallest absolute Gasteiger partial charge is 0.191 e. The van der Waals surface area contributed by atoms with Crippen molar-refractivity contribution in [2.45, 2.75) is 59.2 Å². The summed E-state index contributed by atoms with van der Waals surface area (Å²) in [5, 5.41) is 6.81. The molecular weight excluding hydrogens is 331 g/mol. The van der Waals surface area contributed by atoms with Crippen LogP contribution in [0, 0.1) is 5.82 Å². The van der Waals surface area contributed by atoms with Crippen molar-refractivity contribution in [1.29, 1.82) is 0 Å². The Balaban J connectivity index is 1.93. The molecule has 2 rings (SSSR count). The molecular formula is C20H33FN4O. The molecule has 1 aromatic carbocycles. The molecule has 0 radical (unpaired) electrons. The van der Waals surface area contributed by atoms with Gasteiger partial charge in [-0.15, -0.1) is 0 Å². The maximum absolute atomic E-state index is 14.0. The molecule has 146 valence electrons. The topological polar surface area (TPSA) is 48.9 Å². The monoisotopic (exact) mass is 364 g/mol. The third kappa shape index (κ3) is 6.16. The van der Waals surface area contributed by atoms with Crippen LogP contribution in [0.25, 0.3) is 0 Å². The van der Waals surface area contributed by atoms with Gasteiger partial charge in [0.2, 0.25) is 0 Å². The lowest BCUT2D eigenvalue weighted by atomic mass is 10.0. The predicted molar refractivity (Wildman–Crippen MR) is 105 cm³/mol. The van der Waals surface area contributed by atoms with E-state index in [9.17, 15) is 4.39 Å². The number of ether oxygens (including phenoxy) is 1. The number of nitrogens with zero attached hydrogens (tertiary/aromatic N) is 2. The first kappa shape index (κ1) is 20.5. The third-order valence-electron chi connectivity index (χ3n) is 4.66. The summed E-state index contributed by atoms with van der Waals surface area (Å²) >= 11 is 0. The second-order valence-electron chi connectivity index (χ2n) is 6.94. The first-order chi connectivity index (χ1) is 12.5. The van der Waals surface area contributed by atoms with Crippen molar-refractivity contribution in [2.24, 2.45) is 4.99 Å². The van der Waals surface area contributed by atoms with Crippen LogP contribution < -0.4 is 15.4 Å². The van der Waals surface area contributed by atoms with E-state index in [1.165, 1.54) is 6.07 Å². The first-order valence-electron chi connectivity index (χ1n) is 9.73. The van der Waals surface area contributed by atoms with Crippen molar-refractivity contribution in [3.63, 3.8) is 0 Å². The van der Waals surface area contributed by atoms with Gasteiger partial charge >= 0.3 is 0 Å². The summed E-state index contributed by atoms with van der Waals surface area (Å²) in [4.78, 5) is 7.13. The predicted octanol–water partition coefficient (Wildman–Crippen LogP) is 3.15. The molecule has 1 fully saturated rings. The molecule has 1 aromatic rings. The van der Waals surface area contributed by atoms with E-state index in [0.717, 1.165) is 44.0 Å².